The fraction of sp³-hybridized carbons (Fsp3) is 0.632. The molecule has 2 fully saturated rings. The number of anilines is 1. The van der Waals surface area contributed by atoms with Gasteiger partial charge in [-0.1, -0.05) is 6.92 Å². The Balaban J connectivity index is 1.43. The fourth-order valence-corrected chi connectivity index (χ4v) is 5.04. The van der Waals surface area contributed by atoms with Crippen molar-refractivity contribution in [3.05, 3.63) is 17.3 Å². The van der Waals surface area contributed by atoms with Crippen LogP contribution in [0.5, 0.6) is 0 Å². The number of aromatic nitrogens is 2. The second-order valence-corrected chi connectivity index (χ2v) is 8.80. The van der Waals surface area contributed by atoms with Crippen LogP contribution in [0.3, 0.4) is 0 Å². The second kappa shape index (κ2) is 6.90. The van der Waals surface area contributed by atoms with Crippen molar-refractivity contribution in [2.75, 3.05) is 31.1 Å². The molecular weight excluding hydrogens is 332 g/mol. The summed E-state index contributed by atoms with van der Waals surface area (Å²) in [5.41, 5.74) is 0. The predicted octanol–water partition coefficient (Wildman–Crippen LogP) is 3.47. The highest BCUT2D eigenvalue weighted by atomic mass is 32.1. The topological polar surface area (TPSA) is 49.3 Å². The monoisotopic (exact) mass is 358 g/mol. The molecule has 1 amide bonds. The molecule has 0 spiro atoms. The zero-order valence-electron chi connectivity index (χ0n) is 15.1. The lowest BCUT2D eigenvalue weighted by molar-refractivity contribution is -0.137. The number of thiophene rings is 1. The van der Waals surface area contributed by atoms with Crippen molar-refractivity contribution in [3.8, 4) is 0 Å². The van der Waals surface area contributed by atoms with Crippen molar-refractivity contribution in [1.82, 2.24) is 14.9 Å². The minimum Gasteiger partial charge on any atom is -0.356 e. The number of rotatable bonds is 2. The second-order valence-electron chi connectivity index (χ2n) is 7.57. The number of nitrogens with zero attached hydrogens (tertiary/aromatic N) is 4. The highest BCUT2D eigenvalue weighted by molar-refractivity contribution is 7.18. The van der Waals surface area contributed by atoms with Crippen LogP contribution in [0.15, 0.2) is 12.4 Å². The number of piperidine rings is 2. The Morgan fingerprint density at radius 1 is 1.20 bits per heavy atom. The Hall–Kier alpha value is -1.69. The average molecular weight is 359 g/mol. The van der Waals surface area contributed by atoms with E-state index in [2.05, 4.69) is 39.7 Å². The lowest BCUT2D eigenvalue weighted by Crippen LogP contribution is -2.46. The van der Waals surface area contributed by atoms with E-state index in [4.69, 9.17) is 0 Å². The van der Waals surface area contributed by atoms with E-state index in [9.17, 15) is 4.79 Å². The number of hydrogen-bond donors (Lipinski definition) is 0. The molecule has 1 atom stereocenters. The van der Waals surface area contributed by atoms with Gasteiger partial charge in [0, 0.05) is 37.0 Å². The van der Waals surface area contributed by atoms with E-state index < -0.39 is 0 Å². The highest BCUT2D eigenvalue weighted by Gasteiger charge is 2.31. The third kappa shape index (κ3) is 3.36. The number of carbonyl (C=O) groups is 1. The van der Waals surface area contributed by atoms with Gasteiger partial charge < -0.3 is 9.80 Å². The molecule has 4 heterocycles. The summed E-state index contributed by atoms with van der Waals surface area (Å²) >= 11 is 1.72. The average Bonchev–Trinajstić information content (AvgIpc) is 3.01. The fourth-order valence-electron chi connectivity index (χ4n) is 4.20. The third-order valence-electron chi connectivity index (χ3n) is 5.54. The van der Waals surface area contributed by atoms with Crippen LogP contribution in [0.25, 0.3) is 10.2 Å². The molecule has 2 aromatic rings. The summed E-state index contributed by atoms with van der Waals surface area (Å²) in [7, 11) is 0. The van der Waals surface area contributed by atoms with Gasteiger partial charge in [0.15, 0.2) is 0 Å². The summed E-state index contributed by atoms with van der Waals surface area (Å²) in [6.45, 7) is 8.07. The molecule has 0 N–H and O–H groups in total. The molecule has 0 aromatic carbocycles. The van der Waals surface area contributed by atoms with E-state index in [1.165, 1.54) is 11.3 Å². The molecule has 2 aromatic heterocycles. The van der Waals surface area contributed by atoms with Gasteiger partial charge in [-0.25, -0.2) is 9.97 Å². The SMILES string of the molecule is Cc1cc2c(N3CCC(C(=O)N4CCCC(C)C4)CC3)ncnc2s1. The van der Waals surface area contributed by atoms with Gasteiger partial charge >= 0.3 is 0 Å². The molecule has 6 heteroatoms. The largest absolute Gasteiger partial charge is 0.356 e. The van der Waals surface area contributed by atoms with Gasteiger partial charge in [0.2, 0.25) is 5.91 Å². The summed E-state index contributed by atoms with van der Waals surface area (Å²) in [6, 6.07) is 2.18. The summed E-state index contributed by atoms with van der Waals surface area (Å²) < 4.78 is 0. The molecule has 2 saturated heterocycles. The predicted molar refractivity (Wildman–Crippen MR) is 102 cm³/mol. The Bertz CT molecular complexity index is 766. The molecule has 1 unspecified atom stereocenters. The smallest absolute Gasteiger partial charge is 0.225 e. The zero-order chi connectivity index (χ0) is 17.4. The van der Waals surface area contributed by atoms with Gasteiger partial charge in [0.05, 0.1) is 5.39 Å². The first-order chi connectivity index (χ1) is 12.1. The number of carbonyl (C=O) groups excluding carboxylic acids is 1. The van der Waals surface area contributed by atoms with Gasteiger partial charge in [-0.15, -0.1) is 11.3 Å². The maximum Gasteiger partial charge on any atom is 0.225 e. The quantitative estimate of drug-likeness (QED) is 0.825. The van der Waals surface area contributed by atoms with Gasteiger partial charge in [-0.3, -0.25) is 4.79 Å². The lowest BCUT2D eigenvalue weighted by Gasteiger charge is -2.37. The molecule has 134 valence electrons. The minimum absolute atomic E-state index is 0.183. The summed E-state index contributed by atoms with van der Waals surface area (Å²) in [5.74, 6) is 2.24. The first-order valence-corrected chi connectivity index (χ1v) is 10.2. The van der Waals surface area contributed by atoms with E-state index in [0.717, 1.165) is 61.5 Å². The van der Waals surface area contributed by atoms with Crippen LogP contribution < -0.4 is 4.90 Å². The highest BCUT2D eigenvalue weighted by Crippen LogP contribution is 2.32. The molecular formula is C19H26N4OS. The van der Waals surface area contributed by atoms with Crippen molar-refractivity contribution in [3.63, 3.8) is 0 Å². The number of amides is 1. The maximum atomic E-state index is 12.8. The molecule has 0 saturated carbocycles. The normalized spacial score (nSPS) is 22.6. The van der Waals surface area contributed by atoms with Gasteiger partial charge in [0.1, 0.15) is 17.0 Å². The van der Waals surface area contributed by atoms with E-state index in [1.54, 1.807) is 17.7 Å². The first kappa shape index (κ1) is 16.8. The Morgan fingerprint density at radius 2 is 2.00 bits per heavy atom. The van der Waals surface area contributed by atoms with Gasteiger partial charge in [-0.2, -0.15) is 0 Å². The van der Waals surface area contributed by atoms with E-state index >= 15 is 0 Å². The molecule has 2 aliphatic heterocycles. The Labute approximate surface area is 153 Å². The van der Waals surface area contributed by atoms with Crippen molar-refractivity contribution >= 4 is 33.3 Å². The molecule has 0 aliphatic carbocycles. The third-order valence-corrected chi connectivity index (χ3v) is 6.50. The van der Waals surface area contributed by atoms with E-state index in [-0.39, 0.29) is 5.92 Å². The number of fused-ring (bicyclic) bond motifs is 1. The van der Waals surface area contributed by atoms with E-state index in [0.29, 0.717) is 11.8 Å². The molecule has 5 nitrogen and oxygen atoms in total. The molecule has 4 rings (SSSR count). The standard InChI is InChI=1S/C19H26N4OS/c1-13-4-3-7-23(11-13)19(24)15-5-8-22(9-6-15)17-16-10-14(2)25-18(16)21-12-20-17/h10,12-13,15H,3-9,11H2,1-2H3. The number of hydrogen-bond acceptors (Lipinski definition) is 5. The Morgan fingerprint density at radius 3 is 2.76 bits per heavy atom. The van der Waals surface area contributed by atoms with Gasteiger partial charge in [-0.05, 0) is 44.6 Å². The van der Waals surface area contributed by atoms with Crippen LogP contribution in [0.2, 0.25) is 0 Å². The van der Waals surface area contributed by atoms with Crippen LogP contribution in [0.4, 0.5) is 5.82 Å². The maximum absolute atomic E-state index is 12.8. The zero-order valence-corrected chi connectivity index (χ0v) is 15.9. The van der Waals surface area contributed by atoms with Crippen molar-refractivity contribution in [1.29, 1.82) is 0 Å². The Kier molecular flexibility index (Phi) is 4.63. The van der Waals surface area contributed by atoms with Crippen molar-refractivity contribution < 1.29 is 4.79 Å². The molecule has 0 bridgehead atoms. The van der Waals surface area contributed by atoms with Crippen molar-refractivity contribution in [2.45, 2.75) is 39.5 Å². The van der Waals surface area contributed by atoms with Crippen LogP contribution in [0.1, 0.15) is 37.5 Å². The molecule has 2 aliphatic rings. The van der Waals surface area contributed by atoms with Crippen LogP contribution in [-0.2, 0) is 4.79 Å². The number of likely N-dealkylation sites (tertiary alicyclic amines) is 1. The summed E-state index contributed by atoms with van der Waals surface area (Å²) in [4.78, 5) is 28.5. The summed E-state index contributed by atoms with van der Waals surface area (Å²) in [6.07, 6.45) is 5.94. The van der Waals surface area contributed by atoms with E-state index in [1.807, 2.05) is 0 Å². The molecule has 25 heavy (non-hydrogen) atoms. The van der Waals surface area contributed by atoms with Crippen molar-refractivity contribution in [2.24, 2.45) is 11.8 Å². The van der Waals surface area contributed by atoms with Crippen LogP contribution >= 0.6 is 11.3 Å². The van der Waals surface area contributed by atoms with Crippen LogP contribution in [0, 0.1) is 18.8 Å². The van der Waals surface area contributed by atoms with Gasteiger partial charge in [0.25, 0.3) is 0 Å². The van der Waals surface area contributed by atoms with Crippen LogP contribution in [-0.4, -0.2) is 47.0 Å². The number of aryl methyl sites for hydroxylation is 1. The minimum atomic E-state index is 0.183. The first-order valence-electron chi connectivity index (χ1n) is 9.36. The summed E-state index contributed by atoms with van der Waals surface area (Å²) in [5, 5.41) is 1.15. The lowest BCUT2D eigenvalue weighted by atomic mass is 9.92. The molecule has 0 radical (unpaired) electrons.